The SMILES string of the molecule is Cc1ccc(CNCCn2cccn2)cn1. The number of pyridine rings is 1. The normalized spacial score (nSPS) is 10.6. The second kappa shape index (κ2) is 5.42. The first kappa shape index (κ1) is 10.8. The summed E-state index contributed by atoms with van der Waals surface area (Å²) in [7, 11) is 0. The lowest BCUT2D eigenvalue weighted by molar-refractivity contribution is 0.554. The molecule has 0 aliphatic rings. The number of nitrogens with one attached hydrogen (secondary N) is 1. The van der Waals surface area contributed by atoms with Crippen LogP contribution < -0.4 is 5.32 Å². The summed E-state index contributed by atoms with van der Waals surface area (Å²) in [6.45, 7) is 4.66. The largest absolute Gasteiger partial charge is 0.311 e. The molecule has 0 saturated carbocycles. The molecular formula is C12H16N4. The van der Waals surface area contributed by atoms with Gasteiger partial charge in [0, 0.05) is 37.4 Å². The molecule has 0 saturated heterocycles. The molecule has 0 atom stereocenters. The molecule has 2 rings (SSSR count). The van der Waals surface area contributed by atoms with Crippen LogP contribution in [-0.4, -0.2) is 21.3 Å². The van der Waals surface area contributed by atoms with Crippen LogP contribution in [0, 0.1) is 6.92 Å². The van der Waals surface area contributed by atoms with E-state index in [4.69, 9.17) is 0 Å². The zero-order chi connectivity index (χ0) is 11.2. The van der Waals surface area contributed by atoms with Crippen LogP contribution in [0.3, 0.4) is 0 Å². The minimum atomic E-state index is 0.856. The molecule has 4 heteroatoms. The highest BCUT2D eigenvalue weighted by Crippen LogP contribution is 1.98. The first-order valence-electron chi connectivity index (χ1n) is 5.44. The molecule has 1 N–H and O–H groups in total. The predicted octanol–water partition coefficient (Wildman–Crippen LogP) is 1.38. The molecule has 2 heterocycles. The van der Waals surface area contributed by atoms with E-state index in [0.717, 1.165) is 25.3 Å². The van der Waals surface area contributed by atoms with Crippen molar-refractivity contribution in [1.82, 2.24) is 20.1 Å². The lowest BCUT2D eigenvalue weighted by Gasteiger charge is -2.05. The average Bonchev–Trinajstić information content (AvgIpc) is 2.80. The van der Waals surface area contributed by atoms with E-state index < -0.39 is 0 Å². The Kier molecular flexibility index (Phi) is 3.66. The topological polar surface area (TPSA) is 42.7 Å². The Morgan fingerprint density at radius 1 is 1.38 bits per heavy atom. The van der Waals surface area contributed by atoms with Gasteiger partial charge >= 0.3 is 0 Å². The summed E-state index contributed by atoms with van der Waals surface area (Å²) in [6, 6.07) is 6.07. The van der Waals surface area contributed by atoms with Gasteiger partial charge < -0.3 is 5.32 Å². The number of hydrogen-bond acceptors (Lipinski definition) is 3. The van der Waals surface area contributed by atoms with Crippen LogP contribution >= 0.6 is 0 Å². The Morgan fingerprint density at radius 3 is 3.00 bits per heavy atom. The minimum Gasteiger partial charge on any atom is -0.311 e. The smallest absolute Gasteiger partial charge is 0.0534 e. The lowest BCUT2D eigenvalue weighted by Crippen LogP contribution is -2.19. The fourth-order valence-corrected chi connectivity index (χ4v) is 1.46. The van der Waals surface area contributed by atoms with E-state index in [-0.39, 0.29) is 0 Å². The second-order valence-corrected chi connectivity index (χ2v) is 3.75. The molecule has 0 aromatic carbocycles. The van der Waals surface area contributed by atoms with E-state index in [2.05, 4.69) is 21.5 Å². The molecule has 0 bridgehead atoms. The molecule has 2 aromatic rings. The zero-order valence-electron chi connectivity index (χ0n) is 9.43. The fraction of sp³-hybridized carbons (Fsp3) is 0.333. The highest BCUT2D eigenvalue weighted by atomic mass is 15.3. The van der Waals surface area contributed by atoms with E-state index in [1.54, 1.807) is 6.20 Å². The summed E-state index contributed by atoms with van der Waals surface area (Å²) in [5.74, 6) is 0. The van der Waals surface area contributed by atoms with Crippen LogP contribution in [0.15, 0.2) is 36.8 Å². The maximum absolute atomic E-state index is 4.25. The molecule has 2 aromatic heterocycles. The zero-order valence-corrected chi connectivity index (χ0v) is 9.43. The summed E-state index contributed by atoms with van der Waals surface area (Å²) >= 11 is 0. The van der Waals surface area contributed by atoms with E-state index >= 15 is 0 Å². The first-order chi connectivity index (χ1) is 7.84. The van der Waals surface area contributed by atoms with E-state index in [1.165, 1.54) is 5.56 Å². The highest BCUT2D eigenvalue weighted by molar-refractivity contribution is 5.12. The molecule has 84 valence electrons. The summed E-state index contributed by atoms with van der Waals surface area (Å²) in [4.78, 5) is 4.25. The number of aromatic nitrogens is 3. The van der Waals surface area contributed by atoms with Crippen molar-refractivity contribution >= 4 is 0 Å². The van der Waals surface area contributed by atoms with Gasteiger partial charge in [0.25, 0.3) is 0 Å². The summed E-state index contributed by atoms with van der Waals surface area (Å²) in [5, 5.41) is 7.50. The molecule has 4 nitrogen and oxygen atoms in total. The van der Waals surface area contributed by atoms with E-state index in [9.17, 15) is 0 Å². The fourth-order valence-electron chi connectivity index (χ4n) is 1.46. The predicted molar refractivity (Wildman–Crippen MR) is 62.9 cm³/mol. The Labute approximate surface area is 95.3 Å². The molecule has 0 radical (unpaired) electrons. The molecular weight excluding hydrogens is 200 g/mol. The van der Waals surface area contributed by atoms with Crippen LogP contribution in [-0.2, 0) is 13.1 Å². The molecule has 0 spiro atoms. The molecule has 16 heavy (non-hydrogen) atoms. The van der Waals surface area contributed by atoms with Gasteiger partial charge in [-0.05, 0) is 24.6 Å². The van der Waals surface area contributed by atoms with Gasteiger partial charge in [0.05, 0.1) is 6.54 Å². The van der Waals surface area contributed by atoms with Crippen molar-refractivity contribution in [3.8, 4) is 0 Å². The number of nitrogens with zero attached hydrogens (tertiary/aromatic N) is 3. The second-order valence-electron chi connectivity index (χ2n) is 3.75. The van der Waals surface area contributed by atoms with Crippen molar-refractivity contribution in [1.29, 1.82) is 0 Å². The Balaban J connectivity index is 1.70. The van der Waals surface area contributed by atoms with E-state index in [0.29, 0.717) is 0 Å². The molecule has 0 amide bonds. The van der Waals surface area contributed by atoms with Crippen molar-refractivity contribution in [2.24, 2.45) is 0 Å². The lowest BCUT2D eigenvalue weighted by atomic mass is 10.2. The number of aryl methyl sites for hydroxylation is 1. The van der Waals surface area contributed by atoms with Gasteiger partial charge in [-0.3, -0.25) is 9.67 Å². The van der Waals surface area contributed by atoms with Gasteiger partial charge in [-0.1, -0.05) is 6.07 Å². The van der Waals surface area contributed by atoms with Gasteiger partial charge in [0.15, 0.2) is 0 Å². The average molecular weight is 216 g/mol. The van der Waals surface area contributed by atoms with Crippen molar-refractivity contribution in [2.75, 3.05) is 6.54 Å². The van der Waals surface area contributed by atoms with Crippen molar-refractivity contribution in [2.45, 2.75) is 20.0 Å². The highest BCUT2D eigenvalue weighted by Gasteiger charge is 1.93. The van der Waals surface area contributed by atoms with Crippen LogP contribution in [0.1, 0.15) is 11.3 Å². The third kappa shape index (κ3) is 3.17. The van der Waals surface area contributed by atoms with Gasteiger partial charge in [0.1, 0.15) is 0 Å². The van der Waals surface area contributed by atoms with Crippen molar-refractivity contribution < 1.29 is 0 Å². The first-order valence-corrected chi connectivity index (χ1v) is 5.44. The van der Waals surface area contributed by atoms with Crippen LogP contribution in [0.4, 0.5) is 0 Å². The number of hydrogen-bond donors (Lipinski definition) is 1. The monoisotopic (exact) mass is 216 g/mol. The maximum Gasteiger partial charge on any atom is 0.0534 e. The quantitative estimate of drug-likeness (QED) is 0.768. The maximum atomic E-state index is 4.25. The molecule has 0 aliphatic heterocycles. The molecule has 0 fully saturated rings. The van der Waals surface area contributed by atoms with Crippen LogP contribution in [0.25, 0.3) is 0 Å². The Bertz CT molecular complexity index is 405. The van der Waals surface area contributed by atoms with Crippen molar-refractivity contribution in [3.05, 3.63) is 48.0 Å². The third-order valence-corrected chi connectivity index (χ3v) is 2.38. The van der Waals surface area contributed by atoms with Gasteiger partial charge in [-0.15, -0.1) is 0 Å². The standard InChI is InChI=1S/C12H16N4/c1-11-3-4-12(10-14-11)9-13-6-8-16-7-2-5-15-16/h2-5,7,10,13H,6,8-9H2,1H3. The van der Waals surface area contributed by atoms with Gasteiger partial charge in [-0.25, -0.2) is 0 Å². The summed E-state index contributed by atoms with van der Waals surface area (Å²) in [6.07, 6.45) is 5.68. The molecule has 0 aliphatic carbocycles. The van der Waals surface area contributed by atoms with Crippen molar-refractivity contribution in [3.63, 3.8) is 0 Å². The Hall–Kier alpha value is -1.68. The third-order valence-electron chi connectivity index (χ3n) is 2.38. The summed E-state index contributed by atoms with van der Waals surface area (Å²) < 4.78 is 1.92. The van der Waals surface area contributed by atoms with Crippen LogP contribution in [0.5, 0.6) is 0 Å². The van der Waals surface area contributed by atoms with Crippen LogP contribution in [0.2, 0.25) is 0 Å². The van der Waals surface area contributed by atoms with Gasteiger partial charge in [0.2, 0.25) is 0 Å². The Morgan fingerprint density at radius 2 is 2.31 bits per heavy atom. The summed E-state index contributed by atoms with van der Waals surface area (Å²) in [5.41, 5.74) is 2.27. The number of rotatable bonds is 5. The minimum absolute atomic E-state index is 0.856. The van der Waals surface area contributed by atoms with Gasteiger partial charge in [-0.2, -0.15) is 5.10 Å². The van der Waals surface area contributed by atoms with E-state index in [1.807, 2.05) is 36.1 Å². The molecule has 0 unspecified atom stereocenters.